The summed E-state index contributed by atoms with van der Waals surface area (Å²) in [6, 6.07) is 8.32. The van der Waals surface area contributed by atoms with E-state index in [9.17, 15) is 13.2 Å². The quantitative estimate of drug-likeness (QED) is 0.552. The van der Waals surface area contributed by atoms with Crippen molar-refractivity contribution in [1.82, 2.24) is 9.55 Å². The molecule has 0 aliphatic carbocycles. The smallest absolute Gasteiger partial charge is 0.300 e. The molecule has 0 fully saturated rings. The van der Waals surface area contributed by atoms with Crippen LogP contribution in [-0.2, 0) is 6.18 Å². The molecule has 0 saturated heterocycles. The van der Waals surface area contributed by atoms with E-state index in [2.05, 4.69) is 20.9 Å². The van der Waals surface area contributed by atoms with Gasteiger partial charge in [0.2, 0.25) is 0 Å². The molecule has 0 atom stereocenters. The van der Waals surface area contributed by atoms with E-state index in [4.69, 9.17) is 11.6 Å². The van der Waals surface area contributed by atoms with Crippen LogP contribution in [0.1, 0.15) is 5.56 Å². The summed E-state index contributed by atoms with van der Waals surface area (Å²) < 4.78 is 40.5. The van der Waals surface area contributed by atoms with Crippen LogP contribution >= 0.6 is 27.5 Å². The standard InChI is InChI=1S/C14H7BrClF3N2/c15-10-1-2-12-8(5-10)3-4-21(12)13-11(16)6-9(7-20-13)14(17,18)19/h1-7H. The maximum Gasteiger partial charge on any atom is 0.417 e. The SMILES string of the molecule is FC(F)(F)c1cnc(-n2ccc3cc(Br)ccc32)c(Cl)c1. The summed E-state index contributed by atoms with van der Waals surface area (Å²) in [6.45, 7) is 0. The zero-order valence-corrected chi connectivity index (χ0v) is 12.7. The van der Waals surface area contributed by atoms with Crippen LogP contribution in [0.4, 0.5) is 13.2 Å². The highest BCUT2D eigenvalue weighted by atomic mass is 79.9. The highest BCUT2D eigenvalue weighted by Gasteiger charge is 2.31. The molecule has 21 heavy (non-hydrogen) atoms. The molecule has 2 nitrogen and oxygen atoms in total. The van der Waals surface area contributed by atoms with Gasteiger partial charge < -0.3 is 0 Å². The third-order valence-electron chi connectivity index (χ3n) is 3.03. The van der Waals surface area contributed by atoms with Gasteiger partial charge in [0.25, 0.3) is 0 Å². The van der Waals surface area contributed by atoms with E-state index in [1.807, 2.05) is 24.3 Å². The summed E-state index contributed by atoms with van der Waals surface area (Å²) in [7, 11) is 0. The number of pyridine rings is 1. The molecular weight excluding hydrogens is 369 g/mol. The molecule has 0 spiro atoms. The molecule has 1 aromatic carbocycles. The van der Waals surface area contributed by atoms with E-state index in [0.29, 0.717) is 0 Å². The van der Waals surface area contributed by atoms with Crippen LogP contribution in [0.5, 0.6) is 0 Å². The Bertz CT molecular complexity index is 827. The average molecular weight is 376 g/mol. The number of rotatable bonds is 1. The van der Waals surface area contributed by atoms with Gasteiger partial charge in [0.1, 0.15) is 0 Å². The Morgan fingerprint density at radius 1 is 1.14 bits per heavy atom. The number of hydrogen-bond donors (Lipinski definition) is 0. The van der Waals surface area contributed by atoms with Crippen LogP contribution in [0.2, 0.25) is 5.02 Å². The van der Waals surface area contributed by atoms with Crippen molar-refractivity contribution in [2.24, 2.45) is 0 Å². The minimum Gasteiger partial charge on any atom is -0.300 e. The normalized spacial score (nSPS) is 12.0. The second-order valence-electron chi connectivity index (χ2n) is 4.42. The Morgan fingerprint density at radius 3 is 2.57 bits per heavy atom. The fourth-order valence-corrected chi connectivity index (χ4v) is 2.70. The van der Waals surface area contributed by atoms with Gasteiger partial charge in [-0.1, -0.05) is 27.5 Å². The molecule has 0 radical (unpaired) electrons. The van der Waals surface area contributed by atoms with Gasteiger partial charge in [-0.3, -0.25) is 4.57 Å². The van der Waals surface area contributed by atoms with Crippen LogP contribution < -0.4 is 0 Å². The first-order valence-electron chi connectivity index (χ1n) is 5.86. The summed E-state index contributed by atoms with van der Waals surface area (Å²) in [6.07, 6.45) is -1.96. The summed E-state index contributed by atoms with van der Waals surface area (Å²) >= 11 is 9.33. The van der Waals surface area contributed by atoms with Crippen LogP contribution in [0.25, 0.3) is 16.7 Å². The van der Waals surface area contributed by atoms with Gasteiger partial charge in [-0.25, -0.2) is 4.98 Å². The zero-order chi connectivity index (χ0) is 15.2. The van der Waals surface area contributed by atoms with E-state index in [1.54, 1.807) is 10.8 Å². The highest BCUT2D eigenvalue weighted by molar-refractivity contribution is 9.10. The molecule has 0 aliphatic rings. The topological polar surface area (TPSA) is 17.8 Å². The third-order valence-corrected chi connectivity index (χ3v) is 3.80. The molecule has 0 N–H and O–H groups in total. The van der Waals surface area contributed by atoms with E-state index < -0.39 is 11.7 Å². The predicted molar refractivity (Wildman–Crippen MR) is 78.8 cm³/mol. The maximum absolute atomic E-state index is 12.6. The molecule has 3 rings (SSSR count). The van der Waals surface area contributed by atoms with Crippen LogP contribution in [0, 0.1) is 0 Å². The van der Waals surface area contributed by atoms with E-state index in [0.717, 1.165) is 27.6 Å². The Balaban J connectivity index is 2.15. The maximum atomic E-state index is 12.6. The third kappa shape index (κ3) is 2.65. The van der Waals surface area contributed by atoms with Gasteiger partial charge >= 0.3 is 6.18 Å². The van der Waals surface area contributed by atoms with Crippen molar-refractivity contribution < 1.29 is 13.2 Å². The lowest BCUT2D eigenvalue weighted by Crippen LogP contribution is -2.07. The first-order valence-corrected chi connectivity index (χ1v) is 7.03. The second kappa shape index (κ2) is 5.03. The van der Waals surface area contributed by atoms with Crippen LogP contribution in [0.3, 0.4) is 0 Å². The monoisotopic (exact) mass is 374 g/mol. The molecule has 7 heteroatoms. The Labute approximate surface area is 131 Å². The number of fused-ring (bicyclic) bond motifs is 1. The van der Waals surface area contributed by atoms with Crippen molar-refractivity contribution in [1.29, 1.82) is 0 Å². The fourth-order valence-electron chi connectivity index (χ4n) is 2.06. The lowest BCUT2D eigenvalue weighted by molar-refractivity contribution is -0.137. The molecule has 3 aromatic rings. The van der Waals surface area contributed by atoms with Gasteiger partial charge in [-0.15, -0.1) is 0 Å². The van der Waals surface area contributed by atoms with E-state index in [-0.39, 0.29) is 10.8 Å². The van der Waals surface area contributed by atoms with Crippen molar-refractivity contribution in [3.05, 3.63) is 57.8 Å². The second-order valence-corrected chi connectivity index (χ2v) is 5.74. The number of benzene rings is 1. The number of alkyl halides is 3. The number of nitrogens with zero attached hydrogens (tertiary/aromatic N) is 2. The molecule has 2 aromatic heterocycles. The zero-order valence-electron chi connectivity index (χ0n) is 10.3. The minimum atomic E-state index is -4.46. The first-order chi connectivity index (χ1) is 9.86. The van der Waals surface area contributed by atoms with E-state index >= 15 is 0 Å². The fraction of sp³-hybridized carbons (Fsp3) is 0.0714. The number of halogens is 5. The lowest BCUT2D eigenvalue weighted by Gasteiger charge is -2.10. The largest absolute Gasteiger partial charge is 0.417 e. The van der Waals surface area contributed by atoms with Crippen molar-refractivity contribution in [3.63, 3.8) is 0 Å². The van der Waals surface area contributed by atoms with Gasteiger partial charge in [-0.05, 0) is 30.3 Å². The Kier molecular flexibility index (Phi) is 3.45. The summed E-state index contributed by atoms with van der Waals surface area (Å²) in [4.78, 5) is 3.86. The van der Waals surface area contributed by atoms with Crippen molar-refractivity contribution in [2.45, 2.75) is 6.18 Å². The minimum absolute atomic E-state index is 0.0507. The van der Waals surface area contributed by atoms with E-state index in [1.165, 1.54) is 0 Å². The van der Waals surface area contributed by atoms with Crippen molar-refractivity contribution >= 4 is 38.4 Å². The Hall–Kier alpha value is -1.53. The molecule has 0 unspecified atom stereocenters. The van der Waals surface area contributed by atoms with Gasteiger partial charge in [-0.2, -0.15) is 13.2 Å². The van der Waals surface area contributed by atoms with Gasteiger partial charge in [0.05, 0.1) is 16.1 Å². The lowest BCUT2D eigenvalue weighted by atomic mass is 10.2. The predicted octanol–water partition coefficient (Wildman–Crippen LogP) is 5.46. The molecule has 0 saturated carbocycles. The Morgan fingerprint density at radius 2 is 1.90 bits per heavy atom. The molecule has 108 valence electrons. The molecule has 2 heterocycles. The van der Waals surface area contributed by atoms with Crippen molar-refractivity contribution in [3.8, 4) is 5.82 Å². The first kappa shape index (κ1) is 14.4. The van der Waals surface area contributed by atoms with Crippen molar-refractivity contribution in [2.75, 3.05) is 0 Å². The molecule has 0 aliphatic heterocycles. The molecule has 0 amide bonds. The highest BCUT2D eigenvalue weighted by Crippen LogP contribution is 2.33. The van der Waals surface area contributed by atoms with Gasteiger partial charge in [0, 0.05) is 22.3 Å². The van der Waals surface area contributed by atoms with Crippen LogP contribution in [-0.4, -0.2) is 9.55 Å². The number of hydrogen-bond acceptors (Lipinski definition) is 1. The number of aromatic nitrogens is 2. The molecular formula is C14H7BrClF3N2. The van der Waals surface area contributed by atoms with Gasteiger partial charge in [0.15, 0.2) is 5.82 Å². The average Bonchev–Trinajstić information content (AvgIpc) is 2.80. The summed E-state index contributed by atoms with van der Waals surface area (Å²) in [5, 5.41) is 0.882. The summed E-state index contributed by atoms with van der Waals surface area (Å²) in [5.41, 5.74) is -0.0529. The molecule has 0 bridgehead atoms. The summed E-state index contributed by atoms with van der Waals surface area (Å²) in [5.74, 6) is 0.266. The van der Waals surface area contributed by atoms with Crippen LogP contribution in [0.15, 0.2) is 47.2 Å².